The van der Waals surface area contributed by atoms with E-state index in [2.05, 4.69) is 15.6 Å². The molecule has 0 saturated carbocycles. The van der Waals surface area contributed by atoms with Crippen LogP contribution in [0.1, 0.15) is 5.56 Å². The molecule has 2 rings (SSSR count). The minimum Gasteiger partial charge on any atom is -0.348 e. The van der Waals surface area contributed by atoms with Crippen LogP contribution in [0.15, 0.2) is 12.3 Å². The third kappa shape index (κ3) is 0.655. The Morgan fingerprint density at radius 2 is 2.40 bits per heavy atom. The molecular formula is C6H7N3O. The van der Waals surface area contributed by atoms with E-state index in [4.69, 9.17) is 0 Å². The number of hydrogen-bond donors (Lipinski definition) is 3. The minimum atomic E-state index is -0.144. The lowest BCUT2D eigenvalue weighted by Gasteiger charge is -2.13. The number of anilines is 1. The van der Waals surface area contributed by atoms with Gasteiger partial charge in [-0.3, -0.25) is 5.32 Å². The van der Waals surface area contributed by atoms with E-state index in [-0.39, 0.29) is 6.03 Å². The molecule has 1 aliphatic rings. The summed E-state index contributed by atoms with van der Waals surface area (Å²) in [6, 6.07) is 1.79. The van der Waals surface area contributed by atoms with Crippen LogP contribution in [0, 0.1) is 0 Å². The Bertz CT molecular complexity index is 266. The SMILES string of the molecule is O=C1NCc2cc[nH]c2N1. The zero-order chi connectivity index (χ0) is 6.97. The van der Waals surface area contributed by atoms with Crippen LogP contribution in [0.3, 0.4) is 0 Å². The maximum atomic E-state index is 10.7. The number of carbonyl (C=O) groups excluding carboxylic acids is 1. The van der Waals surface area contributed by atoms with E-state index in [9.17, 15) is 4.79 Å². The Labute approximate surface area is 57.6 Å². The molecule has 1 aromatic heterocycles. The van der Waals surface area contributed by atoms with Gasteiger partial charge in [-0.05, 0) is 6.07 Å². The summed E-state index contributed by atoms with van der Waals surface area (Å²) >= 11 is 0. The third-order valence-electron chi connectivity index (χ3n) is 1.51. The minimum absolute atomic E-state index is 0.144. The number of aromatic nitrogens is 1. The summed E-state index contributed by atoms with van der Waals surface area (Å²) in [7, 11) is 0. The maximum absolute atomic E-state index is 10.7. The van der Waals surface area contributed by atoms with Crippen molar-refractivity contribution in [3.63, 3.8) is 0 Å². The van der Waals surface area contributed by atoms with Gasteiger partial charge in [0.25, 0.3) is 0 Å². The van der Waals surface area contributed by atoms with Gasteiger partial charge in [0.1, 0.15) is 5.82 Å². The number of rotatable bonds is 0. The van der Waals surface area contributed by atoms with Crippen LogP contribution >= 0.6 is 0 Å². The highest BCUT2D eigenvalue weighted by Gasteiger charge is 2.12. The van der Waals surface area contributed by atoms with E-state index in [1.54, 1.807) is 6.20 Å². The number of fused-ring (bicyclic) bond motifs is 1. The quantitative estimate of drug-likeness (QED) is 0.483. The number of H-pyrrole nitrogens is 1. The van der Waals surface area contributed by atoms with Gasteiger partial charge in [-0.25, -0.2) is 4.79 Å². The molecule has 0 saturated heterocycles. The van der Waals surface area contributed by atoms with Crippen molar-refractivity contribution >= 4 is 11.8 Å². The maximum Gasteiger partial charge on any atom is 0.320 e. The number of aromatic amines is 1. The lowest BCUT2D eigenvalue weighted by Crippen LogP contribution is -2.32. The topological polar surface area (TPSA) is 56.9 Å². The van der Waals surface area contributed by atoms with Gasteiger partial charge in [0.05, 0.1) is 0 Å². The monoisotopic (exact) mass is 137 g/mol. The third-order valence-corrected chi connectivity index (χ3v) is 1.51. The van der Waals surface area contributed by atoms with Gasteiger partial charge in [0.15, 0.2) is 0 Å². The average Bonchev–Trinajstić information content (AvgIpc) is 2.33. The summed E-state index contributed by atoms with van der Waals surface area (Å²) in [6.45, 7) is 0.616. The fraction of sp³-hybridized carbons (Fsp3) is 0.167. The van der Waals surface area contributed by atoms with Crippen molar-refractivity contribution in [1.29, 1.82) is 0 Å². The highest BCUT2D eigenvalue weighted by Crippen LogP contribution is 2.14. The molecule has 0 atom stereocenters. The molecule has 0 radical (unpaired) electrons. The number of carbonyl (C=O) groups is 1. The highest BCUT2D eigenvalue weighted by molar-refractivity contribution is 5.90. The van der Waals surface area contributed by atoms with Crippen molar-refractivity contribution in [3.8, 4) is 0 Å². The van der Waals surface area contributed by atoms with Crippen molar-refractivity contribution in [2.45, 2.75) is 6.54 Å². The predicted molar refractivity (Wildman–Crippen MR) is 36.7 cm³/mol. The fourth-order valence-corrected chi connectivity index (χ4v) is 0.999. The van der Waals surface area contributed by atoms with E-state index < -0.39 is 0 Å². The molecule has 4 nitrogen and oxygen atoms in total. The van der Waals surface area contributed by atoms with Crippen LogP contribution in [-0.4, -0.2) is 11.0 Å². The first kappa shape index (κ1) is 5.34. The molecule has 0 spiro atoms. The summed E-state index contributed by atoms with van der Waals surface area (Å²) in [5.41, 5.74) is 1.10. The molecule has 2 amide bonds. The molecule has 0 fully saturated rings. The Kier molecular flexibility index (Phi) is 0.943. The van der Waals surface area contributed by atoms with E-state index >= 15 is 0 Å². The molecule has 4 heteroatoms. The lowest BCUT2D eigenvalue weighted by molar-refractivity contribution is 0.251. The largest absolute Gasteiger partial charge is 0.348 e. The van der Waals surface area contributed by atoms with Crippen LogP contribution in [0.5, 0.6) is 0 Å². The van der Waals surface area contributed by atoms with Gasteiger partial charge in [0.2, 0.25) is 0 Å². The van der Waals surface area contributed by atoms with Gasteiger partial charge >= 0.3 is 6.03 Å². The zero-order valence-corrected chi connectivity index (χ0v) is 5.27. The van der Waals surface area contributed by atoms with E-state index in [1.165, 1.54) is 0 Å². The van der Waals surface area contributed by atoms with Gasteiger partial charge in [-0.1, -0.05) is 0 Å². The van der Waals surface area contributed by atoms with E-state index in [0.29, 0.717) is 6.54 Å². The van der Waals surface area contributed by atoms with Gasteiger partial charge in [-0.2, -0.15) is 0 Å². The van der Waals surface area contributed by atoms with Crippen LogP contribution < -0.4 is 10.6 Å². The average molecular weight is 137 g/mol. The predicted octanol–water partition coefficient (Wildman–Crippen LogP) is 0.650. The molecule has 2 heterocycles. The van der Waals surface area contributed by atoms with Crippen LogP contribution in [0.4, 0.5) is 10.6 Å². The van der Waals surface area contributed by atoms with Gasteiger partial charge in [0, 0.05) is 18.3 Å². The number of nitrogens with one attached hydrogen (secondary N) is 3. The number of urea groups is 1. The molecule has 10 heavy (non-hydrogen) atoms. The first-order valence-electron chi connectivity index (χ1n) is 3.07. The molecule has 1 aromatic rings. The van der Waals surface area contributed by atoms with Gasteiger partial charge < -0.3 is 10.3 Å². The molecule has 1 aliphatic heterocycles. The summed E-state index contributed by atoms with van der Waals surface area (Å²) in [4.78, 5) is 13.6. The van der Waals surface area contributed by atoms with Crippen molar-refractivity contribution in [2.75, 3.05) is 5.32 Å². The van der Waals surface area contributed by atoms with Crippen LogP contribution in [-0.2, 0) is 6.54 Å². The van der Waals surface area contributed by atoms with Crippen molar-refractivity contribution < 1.29 is 4.79 Å². The Morgan fingerprint density at radius 3 is 3.30 bits per heavy atom. The Morgan fingerprint density at radius 1 is 1.50 bits per heavy atom. The fourth-order valence-electron chi connectivity index (χ4n) is 0.999. The molecule has 0 aliphatic carbocycles. The molecule has 0 unspecified atom stereocenters. The summed E-state index contributed by atoms with van der Waals surface area (Å²) in [6.07, 6.45) is 1.80. The van der Waals surface area contributed by atoms with Crippen molar-refractivity contribution in [3.05, 3.63) is 17.8 Å². The van der Waals surface area contributed by atoms with E-state index in [1.807, 2.05) is 6.07 Å². The second-order valence-electron chi connectivity index (χ2n) is 2.19. The first-order valence-corrected chi connectivity index (χ1v) is 3.07. The van der Waals surface area contributed by atoms with Gasteiger partial charge in [-0.15, -0.1) is 0 Å². The highest BCUT2D eigenvalue weighted by atomic mass is 16.2. The molecule has 3 N–H and O–H groups in total. The molecule has 0 aromatic carbocycles. The lowest BCUT2D eigenvalue weighted by atomic mass is 10.3. The smallest absolute Gasteiger partial charge is 0.320 e. The zero-order valence-electron chi connectivity index (χ0n) is 5.27. The number of hydrogen-bond acceptors (Lipinski definition) is 1. The van der Waals surface area contributed by atoms with Crippen molar-refractivity contribution in [1.82, 2.24) is 10.3 Å². The molecule has 0 bridgehead atoms. The Hall–Kier alpha value is -1.45. The summed E-state index contributed by atoms with van der Waals surface area (Å²) in [5.74, 6) is 0.809. The normalized spacial score (nSPS) is 15.4. The second-order valence-corrected chi connectivity index (χ2v) is 2.19. The molecule has 52 valence electrons. The second kappa shape index (κ2) is 1.76. The molecular weight excluding hydrogens is 130 g/mol. The summed E-state index contributed by atoms with van der Waals surface area (Å²) in [5, 5.41) is 5.29. The van der Waals surface area contributed by atoms with Crippen molar-refractivity contribution in [2.24, 2.45) is 0 Å². The van der Waals surface area contributed by atoms with Crippen LogP contribution in [0.25, 0.3) is 0 Å². The van der Waals surface area contributed by atoms with Crippen LogP contribution in [0.2, 0.25) is 0 Å². The first-order chi connectivity index (χ1) is 4.86. The Balaban J connectivity index is 2.39. The number of amides is 2. The van der Waals surface area contributed by atoms with E-state index in [0.717, 1.165) is 11.4 Å². The standard InChI is InChI=1S/C6H7N3O/c10-6-8-3-4-1-2-7-5(4)9-6/h1-2,7H,3H2,(H2,8,9,10). The summed E-state index contributed by atoms with van der Waals surface area (Å²) < 4.78 is 0.